The summed E-state index contributed by atoms with van der Waals surface area (Å²) in [5.41, 5.74) is 3.30. The fraction of sp³-hybridized carbons (Fsp3) is 0.182. The molecule has 0 aliphatic heterocycles. The first-order valence-electron chi connectivity index (χ1n) is 9.04. The molecule has 0 fully saturated rings. The van der Waals surface area contributed by atoms with Crippen molar-refractivity contribution in [2.45, 2.75) is 15.5 Å². The average Bonchev–Trinajstić information content (AvgIpc) is 3.20. The van der Waals surface area contributed by atoms with Crippen LogP contribution < -0.4 is 4.74 Å². The van der Waals surface area contributed by atoms with Crippen LogP contribution in [-0.4, -0.2) is 16.8 Å². The zero-order valence-corrected chi connectivity index (χ0v) is 20.4. The van der Waals surface area contributed by atoms with Gasteiger partial charge >= 0.3 is 0 Å². The van der Waals surface area contributed by atoms with Crippen molar-refractivity contribution in [2.75, 3.05) is 6.61 Å². The summed E-state index contributed by atoms with van der Waals surface area (Å²) in [5, 5.41) is 7.95. The van der Waals surface area contributed by atoms with Gasteiger partial charge in [0, 0.05) is 6.08 Å². The van der Waals surface area contributed by atoms with Crippen LogP contribution in [0.3, 0.4) is 0 Å². The van der Waals surface area contributed by atoms with Crippen LogP contribution in [0.1, 0.15) is 41.8 Å². The first kappa shape index (κ1) is 22.0. The molecule has 0 aliphatic carbocycles. The Kier molecular flexibility index (Phi) is 7.86. The minimum Gasteiger partial charge on any atom is -0.494 e. The first-order chi connectivity index (χ1) is 13.9. The Morgan fingerprint density at radius 2 is 1.34 bits per heavy atom. The van der Waals surface area contributed by atoms with E-state index in [-0.39, 0.29) is 0 Å². The van der Waals surface area contributed by atoms with Crippen LogP contribution in [0.4, 0.5) is 0 Å². The van der Waals surface area contributed by atoms with E-state index in [2.05, 4.69) is 101 Å². The predicted octanol–water partition coefficient (Wildman–Crippen LogP) is 7.49. The molecule has 0 amide bonds. The molecule has 0 spiro atoms. The number of hydrogen-bond donors (Lipinski definition) is 0. The second-order valence-electron chi connectivity index (χ2n) is 6.19. The van der Waals surface area contributed by atoms with Crippen LogP contribution in [0.25, 0.3) is 24.3 Å². The van der Waals surface area contributed by atoms with Gasteiger partial charge in [0.15, 0.2) is 0 Å². The lowest BCUT2D eigenvalue weighted by atomic mass is 10.1. The van der Waals surface area contributed by atoms with E-state index >= 15 is 0 Å². The number of nitrogens with zero attached hydrogens (tertiary/aromatic N) is 2. The van der Waals surface area contributed by atoms with Gasteiger partial charge in [0.1, 0.15) is 5.75 Å². The fourth-order valence-corrected chi connectivity index (χ4v) is 2.87. The molecule has 2 aromatic carbocycles. The van der Waals surface area contributed by atoms with Gasteiger partial charge in [-0.25, -0.2) is 0 Å². The normalized spacial score (nSPS) is 12.1. The van der Waals surface area contributed by atoms with Crippen LogP contribution in [0, 0.1) is 0 Å². The number of ether oxygens (including phenoxy) is 1. The highest BCUT2D eigenvalue weighted by atomic mass is 80.0. The molecular weight excluding hydrogens is 564 g/mol. The summed E-state index contributed by atoms with van der Waals surface area (Å²) in [5.74, 6) is 1.73. The fourth-order valence-electron chi connectivity index (χ4n) is 2.39. The van der Waals surface area contributed by atoms with E-state index in [0.29, 0.717) is 11.8 Å². The first-order valence-corrected chi connectivity index (χ1v) is 11.4. The second-order valence-corrected chi connectivity index (χ2v) is 13.0. The van der Waals surface area contributed by atoms with Crippen LogP contribution >= 0.6 is 47.8 Å². The van der Waals surface area contributed by atoms with Crippen molar-refractivity contribution in [1.82, 2.24) is 10.2 Å². The topological polar surface area (TPSA) is 48.2 Å². The van der Waals surface area contributed by atoms with Crippen LogP contribution in [-0.2, 0) is 2.14 Å². The minimum atomic E-state index is -0.705. The van der Waals surface area contributed by atoms with Crippen molar-refractivity contribution in [2.24, 2.45) is 0 Å². The Balaban J connectivity index is 1.59. The molecule has 0 bridgehead atoms. The summed E-state index contributed by atoms with van der Waals surface area (Å²) in [6.07, 6.45) is 8.89. The predicted molar refractivity (Wildman–Crippen MR) is 129 cm³/mol. The molecule has 7 heteroatoms. The third kappa shape index (κ3) is 6.94. The molecule has 1 heterocycles. The van der Waals surface area contributed by atoms with Gasteiger partial charge in [-0.3, -0.25) is 0 Å². The van der Waals surface area contributed by atoms with Crippen molar-refractivity contribution in [1.29, 1.82) is 0 Å². The van der Waals surface area contributed by atoms with Gasteiger partial charge in [-0.1, -0.05) is 55.5 Å². The molecule has 0 unspecified atom stereocenters. The van der Waals surface area contributed by atoms with Gasteiger partial charge in [-0.15, -0.1) is 10.2 Å². The van der Waals surface area contributed by atoms with E-state index in [1.807, 2.05) is 30.3 Å². The highest BCUT2D eigenvalue weighted by molar-refractivity contribution is 9.38. The Morgan fingerprint density at radius 3 is 1.83 bits per heavy atom. The molecule has 150 valence electrons. The maximum atomic E-state index is 5.61. The molecule has 0 radical (unpaired) electrons. The third-order valence-corrected chi connectivity index (χ3v) is 4.88. The van der Waals surface area contributed by atoms with Crippen molar-refractivity contribution in [3.8, 4) is 5.75 Å². The largest absolute Gasteiger partial charge is 0.494 e. The smallest absolute Gasteiger partial charge is 0.255 e. The summed E-state index contributed by atoms with van der Waals surface area (Å²) in [6, 6.07) is 16.3. The molecular formula is C22H19Br3N2O2. The molecule has 0 N–H and O–H groups in total. The molecule has 29 heavy (non-hydrogen) atoms. The maximum Gasteiger partial charge on any atom is 0.255 e. The van der Waals surface area contributed by atoms with Gasteiger partial charge in [-0.05, 0) is 89.1 Å². The molecule has 1 aromatic heterocycles. The van der Waals surface area contributed by atoms with Gasteiger partial charge in [0.05, 0.1) is 6.61 Å². The summed E-state index contributed by atoms with van der Waals surface area (Å²) in [7, 11) is 0. The molecule has 0 saturated carbocycles. The lowest BCUT2D eigenvalue weighted by Crippen LogP contribution is -1.97. The van der Waals surface area contributed by atoms with Crippen LogP contribution in [0.5, 0.6) is 5.75 Å². The average molecular weight is 583 g/mol. The van der Waals surface area contributed by atoms with Gasteiger partial charge < -0.3 is 9.15 Å². The standard InChI is InChI=1S/C22H19Br3N2O2/c1-2-15-28-19-12-9-18(10-13-19)8-5-16-3-6-17(7-4-16)11-14-20-26-27-21(29-20)22(23,24)25/h3-14H,2,15H2,1H3. The minimum absolute atomic E-state index is 0.391. The van der Waals surface area contributed by atoms with E-state index < -0.39 is 2.14 Å². The Hall–Kier alpha value is -1.70. The Labute approximate surface area is 195 Å². The number of rotatable bonds is 7. The van der Waals surface area contributed by atoms with Gasteiger partial charge in [0.2, 0.25) is 8.03 Å². The maximum absolute atomic E-state index is 5.61. The van der Waals surface area contributed by atoms with Crippen molar-refractivity contribution >= 4 is 72.1 Å². The highest BCUT2D eigenvalue weighted by Gasteiger charge is 2.27. The van der Waals surface area contributed by atoms with E-state index in [1.54, 1.807) is 6.08 Å². The van der Waals surface area contributed by atoms with Crippen molar-refractivity contribution in [3.63, 3.8) is 0 Å². The summed E-state index contributed by atoms with van der Waals surface area (Å²) in [6.45, 7) is 2.84. The molecule has 3 rings (SSSR count). The van der Waals surface area contributed by atoms with Crippen molar-refractivity contribution in [3.05, 3.63) is 77.0 Å². The number of alkyl halides is 3. The highest BCUT2D eigenvalue weighted by Crippen LogP contribution is 2.43. The Bertz CT molecular complexity index is 973. The summed E-state index contributed by atoms with van der Waals surface area (Å²) >= 11 is 10.0. The SMILES string of the molecule is CCCOc1ccc(C=Cc2ccc(C=Cc3nnc(C(Br)(Br)Br)o3)cc2)cc1. The lowest BCUT2D eigenvalue weighted by molar-refractivity contribution is 0.317. The van der Waals surface area contributed by atoms with Crippen LogP contribution in [0.2, 0.25) is 0 Å². The molecule has 0 atom stereocenters. The van der Waals surface area contributed by atoms with E-state index in [0.717, 1.165) is 35.5 Å². The number of benzene rings is 2. The van der Waals surface area contributed by atoms with E-state index in [1.165, 1.54) is 0 Å². The van der Waals surface area contributed by atoms with E-state index in [4.69, 9.17) is 9.15 Å². The van der Waals surface area contributed by atoms with Crippen LogP contribution in [0.15, 0.2) is 52.9 Å². The van der Waals surface area contributed by atoms with Gasteiger partial charge in [0.25, 0.3) is 5.89 Å². The molecule has 4 nitrogen and oxygen atoms in total. The Morgan fingerprint density at radius 1 is 0.828 bits per heavy atom. The third-order valence-electron chi connectivity index (χ3n) is 3.86. The number of aromatic nitrogens is 2. The molecule has 0 saturated heterocycles. The summed E-state index contributed by atoms with van der Waals surface area (Å²) in [4.78, 5) is 0. The van der Waals surface area contributed by atoms with E-state index in [9.17, 15) is 0 Å². The van der Waals surface area contributed by atoms with Gasteiger partial charge in [-0.2, -0.15) is 0 Å². The lowest BCUT2D eigenvalue weighted by Gasteiger charge is -2.04. The summed E-state index contributed by atoms with van der Waals surface area (Å²) < 4.78 is 10.4. The number of hydrogen-bond acceptors (Lipinski definition) is 4. The van der Waals surface area contributed by atoms with Crippen molar-refractivity contribution < 1.29 is 9.15 Å². The zero-order chi connectivity index (χ0) is 20.7. The second kappa shape index (κ2) is 10.4. The quantitative estimate of drug-likeness (QED) is 0.214. The molecule has 0 aliphatic rings. The number of halogens is 3. The zero-order valence-electron chi connectivity index (χ0n) is 15.7. The monoisotopic (exact) mass is 580 g/mol. The molecule has 3 aromatic rings.